The largest absolute Gasteiger partial charge is 0.489 e. The molecule has 0 spiro atoms. The lowest BCUT2D eigenvalue weighted by molar-refractivity contribution is -0.140. The fourth-order valence-electron chi connectivity index (χ4n) is 4.18. The Morgan fingerprint density at radius 1 is 1.00 bits per heavy atom. The van der Waals surface area contributed by atoms with Crippen LogP contribution in [0, 0.1) is 17.1 Å². The number of hydrogen-bond acceptors (Lipinski definition) is 7. The number of aliphatic hydroxyl groups excluding tert-OH is 1. The van der Waals surface area contributed by atoms with Gasteiger partial charge in [0.2, 0.25) is 0 Å². The molecule has 0 amide bonds. The second kappa shape index (κ2) is 14.0. The van der Waals surface area contributed by atoms with E-state index in [2.05, 4.69) is 10.3 Å². The highest BCUT2D eigenvalue weighted by atomic mass is 19.1. The van der Waals surface area contributed by atoms with Gasteiger partial charge < -0.3 is 19.7 Å². The summed E-state index contributed by atoms with van der Waals surface area (Å²) < 4.78 is 40.6. The van der Waals surface area contributed by atoms with Gasteiger partial charge in [-0.2, -0.15) is 5.26 Å². The molecule has 210 valence electrons. The Labute approximate surface area is 235 Å². The Balaban J connectivity index is 1.57. The quantitative estimate of drug-likeness (QED) is 0.211. The van der Waals surface area contributed by atoms with Crippen LogP contribution in [0.4, 0.5) is 8.78 Å². The summed E-state index contributed by atoms with van der Waals surface area (Å²) in [5, 5.41) is 30.5. The van der Waals surface area contributed by atoms with E-state index in [0.29, 0.717) is 50.4 Å². The number of aliphatic hydroxyl groups is 1. The second-order valence-corrected chi connectivity index (χ2v) is 9.05. The minimum absolute atomic E-state index is 0.00167. The summed E-state index contributed by atoms with van der Waals surface area (Å²) in [5.41, 5.74) is 3.22. The first-order valence-electron chi connectivity index (χ1n) is 12.6. The van der Waals surface area contributed by atoms with Crippen molar-refractivity contribution in [3.8, 4) is 28.7 Å². The van der Waals surface area contributed by atoms with Crippen molar-refractivity contribution in [2.24, 2.45) is 0 Å². The molecule has 1 heterocycles. The zero-order chi connectivity index (χ0) is 29.2. The molecule has 0 bridgehead atoms. The number of hydrogen-bond donors (Lipinski definition) is 3. The summed E-state index contributed by atoms with van der Waals surface area (Å²) in [7, 11) is 0. The number of pyridine rings is 1. The second-order valence-electron chi connectivity index (χ2n) is 9.05. The summed E-state index contributed by atoms with van der Waals surface area (Å²) in [6.45, 7) is -1.27. The zero-order valence-corrected chi connectivity index (χ0v) is 21.9. The van der Waals surface area contributed by atoms with E-state index in [4.69, 9.17) is 14.7 Å². The highest BCUT2D eigenvalue weighted by Crippen LogP contribution is 2.31. The molecule has 8 nitrogen and oxygen atoms in total. The van der Waals surface area contributed by atoms with Gasteiger partial charge in [-0.15, -0.1) is 0 Å². The molecule has 0 radical (unpaired) electrons. The van der Waals surface area contributed by atoms with Gasteiger partial charge in [0.25, 0.3) is 0 Å². The standard InChI is InChI=1S/C31H27F2N3O5/c32-12-27-23(4-3-6-25(27)26-5-1-2-7-28(26)33)19-40-24-9-8-22(16-36-29(17-37)31(38)39)30(11-24)41-18-21-10-20(13-34)14-35-15-21/h1-11,14-15,29,36-37H,12,16-19H2,(H,38,39)/t29-/m0/s1. The van der Waals surface area contributed by atoms with Crippen LogP contribution in [-0.4, -0.2) is 33.8 Å². The zero-order valence-electron chi connectivity index (χ0n) is 21.9. The normalized spacial score (nSPS) is 11.5. The Hall–Kier alpha value is -4.85. The number of carbonyl (C=O) groups is 1. The van der Waals surface area contributed by atoms with Gasteiger partial charge in [0.15, 0.2) is 0 Å². The lowest BCUT2D eigenvalue weighted by atomic mass is 9.96. The van der Waals surface area contributed by atoms with Crippen molar-refractivity contribution in [3.05, 3.63) is 113 Å². The van der Waals surface area contributed by atoms with Crippen LogP contribution in [0.2, 0.25) is 0 Å². The van der Waals surface area contributed by atoms with Crippen molar-refractivity contribution in [1.29, 1.82) is 5.26 Å². The molecule has 0 saturated heterocycles. The average Bonchev–Trinajstić information content (AvgIpc) is 2.99. The molecule has 10 heteroatoms. The average molecular weight is 560 g/mol. The number of ether oxygens (including phenoxy) is 2. The summed E-state index contributed by atoms with van der Waals surface area (Å²) in [5.74, 6) is -0.889. The highest BCUT2D eigenvalue weighted by molar-refractivity contribution is 5.73. The first kappa shape index (κ1) is 29.1. The van der Waals surface area contributed by atoms with Gasteiger partial charge in [-0.25, -0.2) is 8.78 Å². The Morgan fingerprint density at radius 2 is 1.80 bits per heavy atom. The highest BCUT2D eigenvalue weighted by Gasteiger charge is 2.17. The number of nitrogens with one attached hydrogen (secondary N) is 1. The third-order valence-corrected chi connectivity index (χ3v) is 6.34. The molecule has 0 saturated carbocycles. The van der Waals surface area contributed by atoms with Crippen molar-refractivity contribution in [2.45, 2.75) is 32.5 Å². The Kier molecular flexibility index (Phi) is 9.94. The third-order valence-electron chi connectivity index (χ3n) is 6.34. The van der Waals surface area contributed by atoms with Crippen LogP contribution in [0.3, 0.4) is 0 Å². The summed E-state index contributed by atoms with van der Waals surface area (Å²) in [6.07, 6.45) is 2.99. The van der Waals surface area contributed by atoms with E-state index in [1.165, 1.54) is 12.3 Å². The summed E-state index contributed by atoms with van der Waals surface area (Å²) in [4.78, 5) is 15.3. The van der Waals surface area contributed by atoms with E-state index in [-0.39, 0.29) is 19.8 Å². The topological polar surface area (TPSA) is 125 Å². The molecular formula is C31H27F2N3O5. The van der Waals surface area contributed by atoms with Crippen LogP contribution in [0.15, 0.2) is 79.1 Å². The van der Waals surface area contributed by atoms with E-state index in [1.807, 2.05) is 6.07 Å². The van der Waals surface area contributed by atoms with Gasteiger partial charge in [0, 0.05) is 41.7 Å². The van der Waals surface area contributed by atoms with Crippen LogP contribution in [0.25, 0.3) is 11.1 Å². The van der Waals surface area contributed by atoms with E-state index < -0.39 is 31.1 Å². The molecule has 0 aliphatic carbocycles. The number of rotatable bonds is 13. The number of aromatic nitrogens is 1. The van der Waals surface area contributed by atoms with Gasteiger partial charge in [-0.05, 0) is 34.9 Å². The van der Waals surface area contributed by atoms with Crippen LogP contribution in [0.5, 0.6) is 11.5 Å². The van der Waals surface area contributed by atoms with Gasteiger partial charge in [-0.1, -0.05) is 42.5 Å². The number of alkyl halides is 1. The maximum absolute atomic E-state index is 14.4. The molecule has 0 aliphatic heterocycles. The lowest BCUT2D eigenvalue weighted by Gasteiger charge is -2.17. The van der Waals surface area contributed by atoms with Crippen LogP contribution < -0.4 is 14.8 Å². The molecule has 1 atom stereocenters. The molecule has 0 unspecified atom stereocenters. The number of nitrogens with zero attached hydrogens (tertiary/aromatic N) is 2. The van der Waals surface area contributed by atoms with Crippen molar-refractivity contribution in [3.63, 3.8) is 0 Å². The van der Waals surface area contributed by atoms with Gasteiger partial charge in [0.1, 0.15) is 49.3 Å². The molecular weight excluding hydrogens is 532 g/mol. The molecule has 0 fully saturated rings. The van der Waals surface area contributed by atoms with E-state index in [9.17, 15) is 23.8 Å². The van der Waals surface area contributed by atoms with Crippen molar-refractivity contribution < 1.29 is 33.3 Å². The monoisotopic (exact) mass is 559 g/mol. The van der Waals surface area contributed by atoms with Crippen LogP contribution >= 0.6 is 0 Å². The fourth-order valence-corrected chi connectivity index (χ4v) is 4.18. The molecule has 4 aromatic rings. The summed E-state index contributed by atoms with van der Waals surface area (Å²) in [6, 6.07) is 18.7. The predicted octanol–water partition coefficient (Wildman–Crippen LogP) is 4.92. The first-order valence-corrected chi connectivity index (χ1v) is 12.6. The molecule has 1 aromatic heterocycles. The number of carboxylic acid groups (broad SMARTS) is 1. The SMILES string of the molecule is N#Cc1cncc(COc2cc(OCc3cccc(-c4ccccc4F)c3CF)ccc2CN[C@@H](CO)C(=O)O)c1. The summed E-state index contributed by atoms with van der Waals surface area (Å²) >= 11 is 0. The molecule has 0 aliphatic rings. The molecule has 4 rings (SSSR count). The van der Waals surface area contributed by atoms with E-state index >= 15 is 0 Å². The number of aliphatic carboxylic acids is 1. The van der Waals surface area contributed by atoms with Crippen LogP contribution in [0.1, 0.15) is 27.8 Å². The number of halogens is 2. The van der Waals surface area contributed by atoms with E-state index in [0.717, 1.165) is 0 Å². The molecule has 41 heavy (non-hydrogen) atoms. The minimum Gasteiger partial charge on any atom is -0.489 e. The first-order chi connectivity index (χ1) is 19.9. The molecule has 3 N–H and O–H groups in total. The fraction of sp³-hybridized carbons (Fsp3) is 0.194. The van der Waals surface area contributed by atoms with Gasteiger partial charge in [-0.3, -0.25) is 15.1 Å². The van der Waals surface area contributed by atoms with Crippen molar-refractivity contribution in [1.82, 2.24) is 10.3 Å². The van der Waals surface area contributed by atoms with Crippen molar-refractivity contribution in [2.75, 3.05) is 6.61 Å². The Morgan fingerprint density at radius 3 is 2.54 bits per heavy atom. The number of nitriles is 1. The van der Waals surface area contributed by atoms with Crippen LogP contribution in [-0.2, 0) is 31.2 Å². The Bertz CT molecular complexity index is 1560. The van der Waals surface area contributed by atoms with Gasteiger partial charge >= 0.3 is 5.97 Å². The maximum atomic E-state index is 14.4. The smallest absolute Gasteiger partial charge is 0.323 e. The van der Waals surface area contributed by atoms with Crippen molar-refractivity contribution >= 4 is 5.97 Å². The minimum atomic E-state index is -1.20. The predicted molar refractivity (Wildman–Crippen MR) is 146 cm³/mol. The third kappa shape index (κ3) is 7.42. The number of carboxylic acids is 1. The van der Waals surface area contributed by atoms with E-state index in [1.54, 1.807) is 66.9 Å². The van der Waals surface area contributed by atoms with Gasteiger partial charge in [0.05, 0.1) is 12.2 Å². The maximum Gasteiger partial charge on any atom is 0.323 e. The molecule has 3 aromatic carbocycles. The number of benzene rings is 3. The lowest BCUT2D eigenvalue weighted by Crippen LogP contribution is -2.39.